The molecule has 2 N–H and O–H groups in total. The van der Waals surface area contributed by atoms with Crippen molar-refractivity contribution < 1.29 is 14.7 Å². The lowest BCUT2D eigenvalue weighted by Gasteiger charge is -2.32. The van der Waals surface area contributed by atoms with Gasteiger partial charge in [-0.15, -0.1) is 0 Å². The van der Waals surface area contributed by atoms with E-state index < -0.39 is 0 Å². The van der Waals surface area contributed by atoms with Crippen LogP contribution in [0, 0.1) is 5.92 Å². The van der Waals surface area contributed by atoms with Gasteiger partial charge in [0.1, 0.15) is 17.9 Å². The number of amides is 1. The SMILES string of the molecule is CN(O)c1nccn1CC(=O)NCC1CCN(Cc2cccc3c2OC(C)(C)C3)CC1. The number of carbonyl (C=O) groups excluding carboxylic acids is 1. The van der Waals surface area contributed by atoms with Crippen molar-refractivity contribution in [2.24, 2.45) is 5.92 Å². The average Bonchev–Trinajstić information content (AvgIpc) is 3.30. The van der Waals surface area contributed by atoms with Gasteiger partial charge >= 0.3 is 0 Å². The maximum Gasteiger partial charge on any atom is 0.240 e. The van der Waals surface area contributed by atoms with Gasteiger partial charge in [-0.3, -0.25) is 14.9 Å². The van der Waals surface area contributed by atoms with Crippen molar-refractivity contribution in [3.63, 3.8) is 0 Å². The summed E-state index contributed by atoms with van der Waals surface area (Å²) in [6, 6.07) is 6.50. The number of aromatic nitrogens is 2. The molecule has 1 fully saturated rings. The number of para-hydroxylation sites is 1. The third kappa shape index (κ3) is 5.19. The van der Waals surface area contributed by atoms with Crippen LogP contribution in [-0.2, 0) is 24.3 Å². The average molecular weight is 428 g/mol. The lowest BCUT2D eigenvalue weighted by molar-refractivity contribution is -0.121. The smallest absolute Gasteiger partial charge is 0.240 e. The van der Waals surface area contributed by atoms with Gasteiger partial charge < -0.3 is 14.6 Å². The summed E-state index contributed by atoms with van der Waals surface area (Å²) < 4.78 is 7.84. The van der Waals surface area contributed by atoms with Crippen molar-refractivity contribution in [3.05, 3.63) is 41.7 Å². The first-order valence-electron chi connectivity index (χ1n) is 11.0. The van der Waals surface area contributed by atoms with Crippen LogP contribution in [-0.4, -0.2) is 57.8 Å². The van der Waals surface area contributed by atoms with E-state index in [-0.39, 0.29) is 18.1 Å². The minimum absolute atomic E-state index is 0.0665. The lowest BCUT2D eigenvalue weighted by Crippen LogP contribution is -2.39. The Morgan fingerprint density at radius 3 is 2.87 bits per heavy atom. The molecule has 1 amide bonds. The van der Waals surface area contributed by atoms with Gasteiger partial charge in [-0.25, -0.2) is 10.0 Å². The molecule has 0 bridgehead atoms. The molecule has 0 spiro atoms. The Kier molecular flexibility index (Phi) is 6.20. The number of nitrogens with one attached hydrogen (secondary N) is 1. The lowest BCUT2D eigenvalue weighted by atomic mass is 9.96. The molecule has 1 saturated heterocycles. The highest BCUT2D eigenvalue weighted by Crippen LogP contribution is 2.38. The van der Waals surface area contributed by atoms with E-state index in [0.717, 1.165) is 49.7 Å². The monoisotopic (exact) mass is 427 g/mol. The highest BCUT2D eigenvalue weighted by atomic mass is 16.5. The van der Waals surface area contributed by atoms with Crippen molar-refractivity contribution in [3.8, 4) is 5.75 Å². The van der Waals surface area contributed by atoms with E-state index in [1.807, 2.05) is 0 Å². The second kappa shape index (κ2) is 8.88. The zero-order chi connectivity index (χ0) is 22.0. The molecule has 8 heteroatoms. The molecule has 0 saturated carbocycles. The van der Waals surface area contributed by atoms with Gasteiger partial charge in [0.2, 0.25) is 11.9 Å². The van der Waals surface area contributed by atoms with E-state index in [1.165, 1.54) is 18.2 Å². The van der Waals surface area contributed by atoms with Gasteiger partial charge in [0.05, 0.1) is 0 Å². The summed E-state index contributed by atoms with van der Waals surface area (Å²) in [5.41, 5.74) is 2.47. The maximum atomic E-state index is 12.3. The molecular formula is C23H33N5O3. The van der Waals surface area contributed by atoms with E-state index in [0.29, 0.717) is 18.4 Å². The first-order chi connectivity index (χ1) is 14.8. The van der Waals surface area contributed by atoms with E-state index in [2.05, 4.69) is 47.2 Å². The molecule has 8 nitrogen and oxygen atoms in total. The summed E-state index contributed by atoms with van der Waals surface area (Å²) in [6.07, 6.45) is 6.35. The van der Waals surface area contributed by atoms with E-state index >= 15 is 0 Å². The number of benzene rings is 1. The molecular weight excluding hydrogens is 394 g/mol. The topological polar surface area (TPSA) is 82.9 Å². The van der Waals surface area contributed by atoms with Crippen LogP contribution in [0.4, 0.5) is 5.95 Å². The highest BCUT2D eigenvalue weighted by Gasteiger charge is 2.32. The van der Waals surface area contributed by atoms with E-state index in [1.54, 1.807) is 17.0 Å². The van der Waals surface area contributed by atoms with Gasteiger partial charge in [0.15, 0.2) is 0 Å². The summed E-state index contributed by atoms with van der Waals surface area (Å²) in [7, 11) is 1.49. The van der Waals surface area contributed by atoms with Gasteiger partial charge in [-0.1, -0.05) is 18.2 Å². The Labute approximate surface area is 183 Å². The predicted octanol–water partition coefficient (Wildman–Crippen LogP) is 2.45. The molecule has 1 aromatic carbocycles. The molecule has 4 rings (SSSR count). The Morgan fingerprint density at radius 1 is 1.35 bits per heavy atom. The van der Waals surface area contributed by atoms with Gasteiger partial charge in [-0.05, 0) is 51.3 Å². The van der Waals surface area contributed by atoms with E-state index in [9.17, 15) is 10.0 Å². The van der Waals surface area contributed by atoms with Crippen LogP contribution in [0.2, 0.25) is 0 Å². The molecule has 0 unspecified atom stereocenters. The van der Waals surface area contributed by atoms with Crippen molar-refractivity contribution in [2.45, 2.75) is 51.8 Å². The fraction of sp³-hybridized carbons (Fsp3) is 0.565. The van der Waals surface area contributed by atoms with Gasteiger partial charge in [-0.2, -0.15) is 0 Å². The number of ether oxygens (including phenoxy) is 1. The normalized spacial score (nSPS) is 18.5. The molecule has 0 radical (unpaired) electrons. The van der Waals surface area contributed by atoms with Crippen LogP contribution in [0.5, 0.6) is 5.75 Å². The highest BCUT2D eigenvalue weighted by molar-refractivity contribution is 5.76. The maximum absolute atomic E-state index is 12.3. The van der Waals surface area contributed by atoms with Crippen LogP contribution in [0.3, 0.4) is 0 Å². The molecule has 31 heavy (non-hydrogen) atoms. The van der Waals surface area contributed by atoms with E-state index in [4.69, 9.17) is 4.74 Å². The Morgan fingerprint density at radius 2 is 2.13 bits per heavy atom. The first-order valence-corrected chi connectivity index (χ1v) is 11.0. The first kappa shape index (κ1) is 21.6. The molecule has 1 aromatic heterocycles. The van der Waals surface area contributed by atoms with Crippen LogP contribution >= 0.6 is 0 Å². The fourth-order valence-electron chi connectivity index (χ4n) is 4.58. The fourth-order valence-corrected chi connectivity index (χ4v) is 4.58. The van der Waals surface area contributed by atoms with Crippen LogP contribution in [0.25, 0.3) is 0 Å². The summed E-state index contributed by atoms with van der Waals surface area (Å²) >= 11 is 0. The number of carbonyl (C=O) groups is 1. The van der Waals surface area contributed by atoms with Gasteiger partial charge in [0, 0.05) is 44.5 Å². The number of fused-ring (bicyclic) bond motifs is 1. The number of hydrogen-bond donors (Lipinski definition) is 2. The third-order valence-corrected chi connectivity index (χ3v) is 6.16. The molecule has 2 aromatic rings. The van der Waals surface area contributed by atoms with Crippen LogP contribution < -0.4 is 15.1 Å². The zero-order valence-corrected chi connectivity index (χ0v) is 18.7. The number of hydroxylamine groups is 1. The summed E-state index contributed by atoms with van der Waals surface area (Å²) in [6.45, 7) is 8.08. The van der Waals surface area contributed by atoms with Crippen molar-refractivity contribution in [2.75, 3.05) is 31.7 Å². The number of nitrogens with zero attached hydrogens (tertiary/aromatic N) is 4. The molecule has 2 aliphatic rings. The van der Waals surface area contributed by atoms with Crippen LogP contribution in [0.15, 0.2) is 30.6 Å². The molecule has 0 atom stereocenters. The number of likely N-dealkylation sites (tertiary alicyclic amines) is 1. The minimum atomic E-state index is -0.117. The number of rotatable bonds is 7. The Balaban J connectivity index is 1.23. The second-order valence-electron chi connectivity index (χ2n) is 9.35. The van der Waals surface area contributed by atoms with Gasteiger partial charge in [0.25, 0.3) is 0 Å². The largest absolute Gasteiger partial charge is 0.487 e. The quantitative estimate of drug-likeness (QED) is 0.661. The standard InChI is InChI=1S/C23H33N5O3/c1-23(2)13-18-5-4-6-19(21(18)31-23)15-27-10-7-17(8-11-27)14-25-20(29)16-28-12-9-24-22(28)26(3)30/h4-6,9,12,17,30H,7-8,10-11,13-16H2,1-3H3,(H,25,29). The summed E-state index contributed by atoms with van der Waals surface area (Å²) in [5.74, 6) is 1.85. The van der Waals surface area contributed by atoms with Crippen LogP contribution in [0.1, 0.15) is 37.8 Å². The van der Waals surface area contributed by atoms with Crippen molar-refractivity contribution in [1.29, 1.82) is 0 Å². The summed E-state index contributed by atoms with van der Waals surface area (Å²) in [4.78, 5) is 18.8. The Hall–Kier alpha value is -2.58. The molecule has 2 aliphatic heterocycles. The summed E-state index contributed by atoms with van der Waals surface area (Å²) in [5, 5.41) is 13.5. The van der Waals surface area contributed by atoms with Crippen molar-refractivity contribution in [1.82, 2.24) is 19.8 Å². The van der Waals surface area contributed by atoms with Crippen molar-refractivity contribution >= 4 is 11.9 Å². The second-order valence-corrected chi connectivity index (χ2v) is 9.35. The molecule has 168 valence electrons. The number of hydrogen-bond acceptors (Lipinski definition) is 6. The minimum Gasteiger partial charge on any atom is -0.487 e. The molecule has 0 aliphatic carbocycles. The number of piperidine rings is 1. The molecule has 3 heterocycles. The number of imidazole rings is 1. The number of anilines is 1. The predicted molar refractivity (Wildman–Crippen MR) is 118 cm³/mol. The third-order valence-electron chi connectivity index (χ3n) is 6.16. The zero-order valence-electron chi connectivity index (χ0n) is 18.7. The Bertz CT molecular complexity index is 916.